The van der Waals surface area contributed by atoms with Gasteiger partial charge in [0, 0.05) is 28.6 Å². The van der Waals surface area contributed by atoms with Crippen LogP contribution in [0.5, 0.6) is 0 Å². The monoisotopic (exact) mass is 162 g/mol. The number of rotatable bonds is 0. The van der Waals surface area contributed by atoms with Crippen LogP contribution < -0.4 is 0 Å². The number of hydrogen-bond acceptors (Lipinski definition) is 2. The first-order valence-electron chi connectivity index (χ1n) is 0.408. The van der Waals surface area contributed by atoms with Crippen molar-refractivity contribution in [2.45, 2.75) is 0 Å². The van der Waals surface area contributed by atoms with Crippen LogP contribution in [-0.4, -0.2) is 37.9 Å². The average Bonchev–Trinajstić information content (AvgIpc) is 0.918. The Bertz CT molecular complexity index is 28.6. The van der Waals surface area contributed by atoms with E-state index in [0.717, 1.165) is 0 Å². The average molecular weight is 161 g/mol. The maximum atomic E-state index is 8.40. The summed E-state index contributed by atoms with van der Waals surface area (Å²) in [5.41, 5.74) is 0. The molecule has 0 aliphatic carbocycles. The third-order valence-electron chi connectivity index (χ3n) is 0. The zero-order chi connectivity index (χ0) is 2.71. The van der Waals surface area contributed by atoms with Gasteiger partial charge in [0.05, 0.1) is 0 Å². The van der Waals surface area contributed by atoms with Gasteiger partial charge in [0.15, 0.2) is 0 Å². The fraction of sp³-hybridized carbons (Fsp3) is 0. The molecule has 0 rings (SSSR count). The molecule has 0 saturated heterocycles. The van der Waals surface area contributed by atoms with Crippen molar-refractivity contribution in [1.82, 2.24) is 0 Å². The predicted molar refractivity (Wildman–Crippen MR) is 18.6 cm³/mol. The van der Waals surface area contributed by atoms with Crippen molar-refractivity contribution in [3.8, 4) is 0 Å². The Hall–Kier alpha value is 0.577. The zero-order valence-electron chi connectivity index (χ0n) is 2.32. The molecule has 24 valence electrons. The van der Waals surface area contributed by atoms with Gasteiger partial charge in [-0.3, -0.25) is 8.92 Å². The molecule has 0 fully saturated rings. The molecule has 8 radical (unpaired) electrons. The third-order valence-corrected chi connectivity index (χ3v) is 0. The van der Waals surface area contributed by atoms with Crippen molar-refractivity contribution in [3.63, 3.8) is 0 Å². The van der Waals surface area contributed by atoms with Gasteiger partial charge in [-0.25, -0.2) is 0 Å². The van der Waals surface area contributed by atoms with Gasteiger partial charge in [-0.1, -0.05) is 0 Å². The second-order valence-electron chi connectivity index (χ2n) is 0.0833. The largest absolute Gasteiger partial charge is 0.549 e. The van der Waals surface area contributed by atoms with Gasteiger partial charge in [0.25, 0.3) is 0 Å². The van der Waals surface area contributed by atoms with E-state index in [0.29, 0.717) is 0 Å². The van der Waals surface area contributed by atoms with Crippen LogP contribution in [0.1, 0.15) is 0 Å². The van der Waals surface area contributed by atoms with E-state index in [4.69, 9.17) is 8.92 Å². The van der Waals surface area contributed by atoms with Gasteiger partial charge < -0.3 is 0 Å². The minimum absolute atomic E-state index is 0. The van der Waals surface area contributed by atoms with Gasteiger partial charge in [-0.05, 0) is 0 Å². The summed E-state index contributed by atoms with van der Waals surface area (Å²) in [6.45, 7) is 0. The van der Waals surface area contributed by atoms with Crippen LogP contribution in [0.3, 0.4) is 0 Å². The van der Waals surface area contributed by atoms with Crippen LogP contribution in [0, 0.1) is 0 Å². The smallest absolute Gasteiger partial charge is 0.274 e. The van der Waals surface area contributed by atoms with Crippen molar-refractivity contribution < 1.29 is 8.92 Å². The summed E-state index contributed by atoms with van der Waals surface area (Å²) in [6.07, 6.45) is 0. The molecule has 0 spiro atoms. The molecule has 0 unspecified atom stereocenters. The maximum absolute atomic E-state index is 8.40. The molecule has 0 amide bonds. The predicted octanol–water partition coefficient (Wildman–Crippen LogP) is -1.38. The summed E-state index contributed by atoms with van der Waals surface area (Å²) in [6, 6.07) is 0. The molecule has 0 aliphatic rings. The first-order valence-corrected chi connectivity index (χ1v) is 1.22. The van der Waals surface area contributed by atoms with Gasteiger partial charge in [-0.15, -0.1) is 0 Å². The maximum Gasteiger partial charge on any atom is 0.549 e. The van der Waals surface area contributed by atoms with Gasteiger partial charge >= 0.3 is 9.29 Å². The van der Waals surface area contributed by atoms with E-state index in [2.05, 4.69) is 0 Å². The minimum Gasteiger partial charge on any atom is -0.274 e. The van der Waals surface area contributed by atoms with Crippen molar-refractivity contribution >= 4 is 37.9 Å². The first kappa shape index (κ1) is 17.6. The molecular weight excluding hydrogens is 161 g/mol. The van der Waals surface area contributed by atoms with Gasteiger partial charge in [-0.2, -0.15) is 0 Å². The Morgan fingerprint density at radius 1 is 1.20 bits per heavy atom. The van der Waals surface area contributed by atoms with Crippen LogP contribution >= 0.6 is 0 Å². The number of hydrogen-bond donors (Lipinski definition) is 0. The van der Waals surface area contributed by atoms with Crippen LogP contribution in [0.4, 0.5) is 0 Å². The SMILES string of the molecule is O=[Si]=O.[Ge].[Si]. The summed E-state index contributed by atoms with van der Waals surface area (Å²) in [5, 5.41) is 0. The molecular formula is GeO2Si2. The van der Waals surface area contributed by atoms with E-state index in [1.807, 2.05) is 0 Å². The van der Waals surface area contributed by atoms with Gasteiger partial charge in [0.2, 0.25) is 0 Å². The Morgan fingerprint density at radius 2 is 1.20 bits per heavy atom. The Balaban J connectivity index is -0.0000000200. The fourth-order valence-electron chi connectivity index (χ4n) is 0. The molecule has 0 N–H and O–H groups in total. The Kier molecular flexibility index (Phi) is 82.9. The molecule has 0 bridgehead atoms. The minimum atomic E-state index is -1.42. The molecule has 0 aromatic rings. The summed E-state index contributed by atoms with van der Waals surface area (Å²) in [5.74, 6) is 0. The quantitative estimate of drug-likeness (QED) is 0.410. The second kappa shape index (κ2) is 23.6. The van der Waals surface area contributed by atoms with E-state index < -0.39 is 9.29 Å². The summed E-state index contributed by atoms with van der Waals surface area (Å²) in [4.78, 5) is 0. The second-order valence-corrected chi connectivity index (χ2v) is 0.250. The Labute approximate surface area is 47.3 Å². The van der Waals surface area contributed by atoms with Gasteiger partial charge in [0.1, 0.15) is 0 Å². The van der Waals surface area contributed by atoms with E-state index >= 15 is 0 Å². The normalized spacial score (nSPS) is 1.60. The van der Waals surface area contributed by atoms with E-state index in [1.165, 1.54) is 0 Å². The van der Waals surface area contributed by atoms with E-state index in [9.17, 15) is 0 Å². The van der Waals surface area contributed by atoms with Crippen molar-refractivity contribution in [3.05, 3.63) is 0 Å². The van der Waals surface area contributed by atoms with E-state index in [-0.39, 0.29) is 28.6 Å². The summed E-state index contributed by atoms with van der Waals surface area (Å²) in [7, 11) is -1.42. The molecule has 0 atom stereocenters. The Morgan fingerprint density at radius 3 is 1.20 bits per heavy atom. The third kappa shape index (κ3) is 91.4. The molecule has 2 nitrogen and oxygen atoms in total. The topological polar surface area (TPSA) is 34.1 Å². The molecule has 0 aliphatic heterocycles. The van der Waals surface area contributed by atoms with Crippen molar-refractivity contribution in [2.75, 3.05) is 0 Å². The molecule has 0 aromatic heterocycles. The zero-order valence-corrected chi connectivity index (χ0v) is 6.41. The van der Waals surface area contributed by atoms with Crippen molar-refractivity contribution in [1.29, 1.82) is 0 Å². The summed E-state index contributed by atoms with van der Waals surface area (Å²) < 4.78 is 16.8. The van der Waals surface area contributed by atoms with E-state index in [1.54, 1.807) is 0 Å². The fourth-order valence-corrected chi connectivity index (χ4v) is 0. The van der Waals surface area contributed by atoms with Crippen LogP contribution in [0.25, 0.3) is 0 Å². The molecule has 0 heterocycles. The molecule has 5 heteroatoms. The summed E-state index contributed by atoms with van der Waals surface area (Å²) >= 11 is 0. The van der Waals surface area contributed by atoms with Crippen LogP contribution in [-0.2, 0) is 8.92 Å². The molecule has 0 aromatic carbocycles. The first-order chi connectivity index (χ1) is 1.41. The molecule has 5 heavy (non-hydrogen) atoms. The van der Waals surface area contributed by atoms with Crippen molar-refractivity contribution in [2.24, 2.45) is 0 Å². The molecule has 0 saturated carbocycles. The van der Waals surface area contributed by atoms with Crippen LogP contribution in [0.15, 0.2) is 0 Å². The standard InChI is InChI=1S/Ge.O2Si.Si/c;1-3-2;. The van der Waals surface area contributed by atoms with Crippen LogP contribution in [0.2, 0.25) is 0 Å².